The van der Waals surface area contributed by atoms with Crippen molar-refractivity contribution in [3.05, 3.63) is 23.8 Å². The van der Waals surface area contributed by atoms with E-state index in [-0.39, 0.29) is 0 Å². The molecular formula is C10H16N2. The van der Waals surface area contributed by atoms with Crippen molar-refractivity contribution in [2.45, 2.75) is 39.5 Å². The average Bonchev–Trinajstić information content (AvgIpc) is 2.15. The molecule has 0 amide bonds. The van der Waals surface area contributed by atoms with Crippen LogP contribution in [0.15, 0.2) is 12.3 Å². The van der Waals surface area contributed by atoms with Gasteiger partial charge in [-0.3, -0.25) is 0 Å². The summed E-state index contributed by atoms with van der Waals surface area (Å²) in [6.45, 7) is 4.30. The molecule has 0 N–H and O–H groups in total. The smallest absolute Gasteiger partial charge is 0.128 e. The lowest BCUT2D eigenvalue weighted by Gasteiger charge is -1.99. The molecule has 0 fully saturated rings. The van der Waals surface area contributed by atoms with Gasteiger partial charge in [0.25, 0.3) is 0 Å². The van der Waals surface area contributed by atoms with Crippen molar-refractivity contribution in [1.82, 2.24) is 9.97 Å². The Morgan fingerprint density at radius 2 is 2.17 bits per heavy atom. The van der Waals surface area contributed by atoms with Crippen molar-refractivity contribution in [3.8, 4) is 0 Å². The molecule has 0 atom stereocenters. The Labute approximate surface area is 74.1 Å². The largest absolute Gasteiger partial charge is 0.241 e. The van der Waals surface area contributed by atoms with Gasteiger partial charge in [0, 0.05) is 18.3 Å². The van der Waals surface area contributed by atoms with E-state index < -0.39 is 0 Å². The molecule has 0 unspecified atom stereocenters. The predicted molar refractivity (Wildman–Crippen MR) is 50.0 cm³/mol. The molecule has 66 valence electrons. The molecule has 0 spiro atoms. The fourth-order valence-electron chi connectivity index (χ4n) is 1.09. The molecular weight excluding hydrogens is 148 g/mol. The summed E-state index contributed by atoms with van der Waals surface area (Å²) in [5.74, 6) is 0.996. The Bertz CT molecular complexity index is 233. The van der Waals surface area contributed by atoms with Crippen molar-refractivity contribution in [2.75, 3.05) is 0 Å². The molecule has 0 radical (unpaired) electrons. The Morgan fingerprint density at radius 3 is 2.83 bits per heavy atom. The summed E-state index contributed by atoms with van der Waals surface area (Å²) in [5.41, 5.74) is 1.15. The highest BCUT2D eigenvalue weighted by molar-refractivity contribution is 5.01. The van der Waals surface area contributed by atoms with Gasteiger partial charge in [0.2, 0.25) is 0 Å². The maximum absolute atomic E-state index is 4.42. The molecule has 0 aliphatic heterocycles. The van der Waals surface area contributed by atoms with Crippen LogP contribution < -0.4 is 0 Å². The van der Waals surface area contributed by atoms with Gasteiger partial charge in [-0.25, -0.2) is 9.97 Å². The molecule has 0 aliphatic rings. The molecule has 2 nitrogen and oxygen atoms in total. The highest BCUT2D eigenvalue weighted by atomic mass is 14.9. The Balaban J connectivity index is 2.60. The second-order valence-electron chi connectivity index (χ2n) is 2.92. The Morgan fingerprint density at radius 1 is 1.33 bits per heavy atom. The Hall–Kier alpha value is -0.920. The van der Waals surface area contributed by atoms with E-state index in [4.69, 9.17) is 0 Å². The fourth-order valence-corrected chi connectivity index (χ4v) is 1.09. The van der Waals surface area contributed by atoms with Crippen LogP contribution in [0.5, 0.6) is 0 Å². The van der Waals surface area contributed by atoms with E-state index in [0.29, 0.717) is 0 Å². The zero-order valence-corrected chi connectivity index (χ0v) is 7.88. The lowest BCUT2D eigenvalue weighted by molar-refractivity contribution is 0.743. The topological polar surface area (TPSA) is 25.8 Å². The SMILES string of the molecule is CCCCc1nccc(CC)n1. The van der Waals surface area contributed by atoms with E-state index in [1.54, 1.807) is 0 Å². The van der Waals surface area contributed by atoms with Gasteiger partial charge in [0.05, 0.1) is 0 Å². The van der Waals surface area contributed by atoms with E-state index in [1.165, 1.54) is 12.8 Å². The summed E-state index contributed by atoms with van der Waals surface area (Å²) in [6, 6.07) is 1.98. The third kappa shape index (κ3) is 2.61. The molecule has 0 aromatic carbocycles. The van der Waals surface area contributed by atoms with Crippen molar-refractivity contribution in [1.29, 1.82) is 0 Å². The minimum Gasteiger partial charge on any atom is -0.241 e. The summed E-state index contributed by atoms with van der Waals surface area (Å²) >= 11 is 0. The summed E-state index contributed by atoms with van der Waals surface area (Å²) in [4.78, 5) is 8.63. The minimum absolute atomic E-state index is 0.996. The Kier molecular flexibility index (Phi) is 3.71. The van der Waals surface area contributed by atoms with Crippen LogP contribution in [0.4, 0.5) is 0 Å². The number of rotatable bonds is 4. The summed E-state index contributed by atoms with van der Waals surface area (Å²) in [5, 5.41) is 0. The summed E-state index contributed by atoms with van der Waals surface area (Å²) < 4.78 is 0. The molecule has 1 heterocycles. The van der Waals surface area contributed by atoms with Gasteiger partial charge in [-0.05, 0) is 18.9 Å². The quantitative estimate of drug-likeness (QED) is 0.682. The highest BCUT2D eigenvalue weighted by Gasteiger charge is 1.96. The van der Waals surface area contributed by atoms with Gasteiger partial charge in [-0.2, -0.15) is 0 Å². The maximum atomic E-state index is 4.42. The first-order chi connectivity index (χ1) is 5.86. The number of hydrogen-bond acceptors (Lipinski definition) is 2. The molecule has 1 aromatic heterocycles. The van der Waals surface area contributed by atoms with E-state index in [2.05, 4.69) is 23.8 Å². The summed E-state index contributed by atoms with van der Waals surface area (Å²) in [6.07, 6.45) is 6.27. The lowest BCUT2D eigenvalue weighted by Crippen LogP contribution is -1.97. The monoisotopic (exact) mass is 164 g/mol. The van der Waals surface area contributed by atoms with Gasteiger partial charge in [0.1, 0.15) is 5.82 Å². The van der Waals surface area contributed by atoms with Crippen LogP contribution in [-0.2, 0) is 12.8 Å². The molecule has 1 rings (SSSR count). The van der Waals surface area contributed by atoms with Gasteiger partial charge >= 0.3 is 0 Å². The van der Waals surface area contributed by atoms with Crippen LogP contribution >= 0.6 is 0 Å². The highest BCUT2D eigenvalue weighted by Crippen LogP contribution is 2.00. The van der Waals surface area contributed by atoms with Crippen LogP contribution in [0, 0.1) is 0 Å². The lowest BCUT2D eigenvalue weighted by atomic mass is 10.2. The first-order valence-electron chi connectivity index (χ1n) is 4.67. The number of unbranched alkanes of at least 4 members (excludes halogenated alkanes) is 1. The summed E-state index contributed by atoms with van der Waals surface area (Å²) in [7, 11) is 0. The van der Waals surface area contributed by atoms with Crippen LogP contribution in [0.1, 0.15) is 38.2 Å². The van der Waals surface area contributed by atoms with E-state index in [9.17, 15) is 0 Å². The van der Waals surface area contributed by atoms with Gasteiger partial charge in [-0.15, -0.1) is 0 Å². The number of hydrogen-bond donors (Lipinski definition) is 0. The van der Waals surface area contributed by atoms with Crippen molar-refractivity contribution in [3.63, 3.8) is 0 Å². The third-order valence-corrected chi connectivity index (χ3v) is 1.88. The zero-order chi connectivity index (χ0) is 8.81. The first kappa shape index (κ1) is 9.17. The first-order valence-corrected chi connectivity index (χ1v) is 4.67. The van der Waals surface area contributed by atoms with Crippen molar-refractivity contribution >= 4 is 0 Å². The predicted octanol–water partition coefficient (Wildman–Crippen LogP) is 2.38. The average molecular weight is 164 g/mol. The molecule has 0 bridgehead atoms. The van der Waals surface area contributed by atoms with Crippen LogP contribution in [0.2, 0.25) is 0 Å². The number of aryl methyl sites for hydroxylation is 2. The molecule has 0 saturated heterocycles. The molecule has 12 heavy (non-hydrogen) atoms. The van der Waals surface area contributed by atoms with Crippen LogP contribution in [0.25, 0.3) is 0 Å². The normalized spacial score (nSPS) is 10.2. The number of aromatic nitrogens is 2. The molecule has 2 heteroatoms. The van der Waals surface area contributed by atoms with E-state index in [1.807, 2.05) is 12.3 Å². The van der Waals surface area contributed by atoms with Crippen molar-refractivity contribution in [2.24, 2.45) is 0 Å². The van der Waals surface area contributed by atoms with E-state index in [0.717, 1.165) is 24.4 Å². The second kappa shape index (κ2) is 4.86. The number of nitrogens with zero attached hydrogens (tertiary/aromatic N) is 2. The van der Waals surface area contributed by atoms with Crippen LogP contribution in [-0.4, -0.2) is 9.97 Å². The van der Waals surface area contributed by atoms with Gasteiger partial charge < -0.3 is 0 Å². The minimum atomic E-state index is 0.996. The molecule has 1 aromatic rings. The standard InChI is InChI=1S/C10H16N2/c1-3-5-6-10-11-8-7-9(4-2)12-10/h7-8H,3-6H2,1-2H3. The van der Waals surface area contributed by atoms with Crippen LogP contribution in [0.3, 0.4) is 0 Å². The second-order valence-corrected chi connectivity index (χ2v) is 2.92. The van der Waals surface area contributed by atoms with Gasteiger partial charge in [0.15, 0.2) is 0 Å². The zero-order valence-electron chi connectivity index (χ0n) is 7.88. The molecule has 0 saturated carbocycles. The molecule has 0 aliphatic carbocycles. The van der Waals surface area contributed by atoms with E-state index >= 15 is 0 Å². The maximum Gasteiger partial charge on any atom is 0.128 e. The van der Waals surface area contributed by atoms with Gasteiger partial charge in [-0.1, -0.05) is 20.3 Å². The third-order valence-electron chi connectivity index (χ3n) is 1.88. The van der Waals surface area contributed by atoms with Crippen molar-refractivity contribution < 1.29 is 0 Å². The fraction of sp³-hybridized carbons (Fsp3) is 0.600.